The molecule has 2 N–H and O–H groups in total. The third-order valence-electron chi connectivity index (χ3n) is 5.11. The molecule has 0 fully saturated rings. The molecule has 0 saturated carbocycles. The monoisotopic (exact) mass is 398 g/mol. The van der Waals surface area contributed by atoms with Crippen molar-refractivity contribution in [1.82, 2.24) is 4.90 Å². The molecule has 0 aliphatic rings. The van der Waals surface area contributed by atoms with Gasteiger partial charge in [0.1, 0.15) is 5.75 Å². The number of hydrogen-bond acceptors (Lipinski definition) is 3. The zero-order valence-corrected chi connectivity index (χ0v) is 17.9. The molecule has 0 radical (unpaired) electrons. The van der Waals surface area contributed by atoms with Crippen molar-refractivity contribution in [2.24, 2.45) is 0 Å². The van der Waals surface area contributed by atoms with E-state index >= 15 is 0 Å². The maximum absolute atomic E-state index is 13.0. The molecule has 0 saturated heterocycles. The first-order chi connectivity index (χ1) is 13.5. The summed E-state index contributed by atoms with van der Waals surface area (Å²) in [6.45, 7) is 11.2. The molecular weight excluding hydrogens is 368 g/mol. The molecule has 0 atom stereocenters. The number of amides is 3. The molecule has 0 heterocycles. The number of carbonyl (C=O) groups is 2. The summed E-state index contributed by atoms with van der Waals surface area (Å²) in [4.78, 5) is 26.9. The van der Waals surface area contributed by atoms with Crippen molar-refractivity contribution in [3.8, 4) is 5.75 Å². The number of carbonyl (C=O) groups excluding carboxylic acids is 1. The maximum Gasteiger partial charge on any atom is 0.415 e. The van der Waals surface area contributed by atoms with E-state index in [1.807, 2.05) is 50.2 Å². The molecule has 2 aromatic carbocycles. The van der Waals surface area contributed by atoms with E-state index in [-0.39, 0.29) is 17.2 Å². The lowest BCUT2D eigenvalue weighted by molar-refractivity contribution is 0.139. The van der Waals surface area contributed by atoms with Crippen LogP contribution in [-0.4, -0.2) is 39.3 Å². The van der Waals surface area contributed by atoms with Crippen LogP contribution in [0.15, 0.2) is 48.5 Å². The summed E-state index contributed by atoms with van der Waals surface area (Å²) in [5.41, 5.74) is 2.44. The highest BCUT2D eigenvalue weighted by atomic mass is 16.4. The first-order valence-electron chi connectivity index (χ1n) is 9.72. The summed E-state index contributed by atoms with van der Waals surface area (Å²) in [5.74, 6) is 0.221. The van der Waals surface area contributed by atoms with Crippen LogP contribution >= 0.6 is 0 Å². The number of aromatic hydroxyl groups is 1. The van der Waals surface area contributed by atoms with Gasteiger partial charge in [-0.3, -0.25) is 4.90 Å². The molecule has 29 heavy (non-hydrogen) atoms. The Kier molecular flexibility index (Phi) is 6.57. The van der Waals surface area contributed by atoms with E-state index in [1.165, 1.54) is 4.90 Å². The molecule has 0 bridgehead atoms. The smallest absolute Gasteiger partial charge is 0.415 e. The predicted octanol–water partition coefficient (Wildman–Crippen LogP) is 5.44. The van der Waals surface area contributed by atoms with Crippen LogP contribution in [-0.2, 0) is 5.41 Å². The first-order valence-corrected chi connectivity index (χ1v) is 9.72. The summed E-state index contributed by atoms with van der Waals surface area (Å²) >= 11 is 0. The molecule has 0 aliphatic heterocycles. The molecular formula is C23H30N2O4. The fraction of sp³-hybridized carbons (Fsp3) is 0.391. The Labute approximate surface area is 172 Å². The number of carboxylic acid groups (broad SMARTS) is 1. The standard InChI is InChI=1S/C23H30N2O4/c1-15(2)24(21(27)25(16(3)4)22(28)29)19-11-7-17(8-12-19)23(5,6)18-9-13-20(26)14-10-18/h7-16,26H,1-6H3,(H,28,29). The highest BCUT2D eigenvalue weighted by Crippen LogP contribution is 2.33. The topological polar surface area (TPSA) is 81.1 Å². The number of urea groups is 1. The number of benzene rings is 2. The summed E-state index contributed by atoms with van der Waals surface area (Å²) in [5, 5.41) is 19.0. The molecule has 6 nitrogen and oxygen atoms in total. The van der Waals surface area contributed by atoms with Gasteiger partial charge in [-0.2, -0.15) is 0 Å². The van der Waals surface area contributed by atoms with Crippen LogP contribution in [0.5, 0.6) is 5.75 Å². The maximum atomic E-state index is 13.0. The van der Waals surface area contributed by atoms with Crippen molar-refractivity contribution in [2.45, 2.75) is 59.0 Å². The Hall–Kier alpha value is -3.02. The van der Waals surface area contributed by atoms with Crippen molar-refractivity contribution < 1.29 is 19.8 Å². The number of rotatable bonds is 5. The van der Waals surface area contributed by atoms with E-state index < -0.39 is 18.2 Å². The highest BCUT2D eigenvalue weighted by Gasteiger charge is 2.31. The average molecular weight is 399 g/mol. The lowest BCUT2D eigenvalue weighted by Crippen LogP contribution is -2.51. The second kappa shape index (κ2) is 8.55. The fourth-order valence-corrected chi connectivity index (χ4v) is 3.35. The minimum atomic E-state index is -1.26. The number of imide groups is 1. The Morgan fingerprint density at radius 3 is 1.66 bits per heavy atom. The zero-order chi connectivity index (χ0) is 21.9. The van der Waals surface area contributed by atoms with Gasteiger partial charge >= 0.3 is 12.1 Å². The predicted molar refractivity (Wildman–Crippen MR) is 115 cm³/mol. The van der Waals surface area contributed by atoms with Gasteiger partial charge in [-0.15, -0.1) is 0 Å². The summed E-state index contributed by atoms with van der Waals surface area (Å²) in [6.07, 6.45) is -1.26. The van der Waals surface area contributed by atoms with Crippen LogP contribution in [0.25, 0.3) is 0 Å². The number of hydrogen-bond donors (Lipinski definition) is 2. The first kappa shape index (κ1) is 22.3. The molecule has 0 spiro atoms. The second-order valence-electron chi connectivity index (χ2n) is 8.21. The highest BCUT2D eigenvalue weighted by molar-refractivity contribution is 6.00. The second-order valence-corrected chi connectivity index (χ2v) is 8.21. The number of nitrogens with zero attached hydrogens (tertiary/aromatic N) is 2. The van der Waals surface area contributed by atoms with Crippen LogP contribution in [0.3, 0.4) is 0 Å². The fourth-order valence-electron chi connectivity index (χ4n) is 3.35. The summed E-state index contributed by atoms with van der Waals surface area (Å²) < 4.78 is 0. The lowest BCUT2D eigenvalue weighted by Gasteiger charge is -2.33. The third-order valence-corrected chi connectivity index (χ3v) is 5.11. The van der Waals surface area contributed by atoms with E-state index in [0.29, 0.717) is 5.69 Å². The molecule has 0 aliphatic carbocycles. The van der Waals surface area contributed by atoms with Gasteiger partial charge in [0, 0.05) is 23.2 Å². The number of phenols is 1. The lowest BCUT2D eigenvalue weighted by atomic mass is 9.78. The van der Waals surface area contributed by atoms with Gasteiger partial charge in [-0.05, 0) is 63.1 Å². The van der Waals surface area contributed by atoms with E-state index in [4.69, 9.17) is 0 Å². The van der Waals surface area contributed by atoms with Crippen LogP contribution in [0, 0.1) is 0 Å². The Morgan fingerprint density at radius 1 is 0.828 bits per heavy atom. The minimum Gasteiger partial charge on any atom is -0.508 e. The van der Waals surface area contributed by atoms with Crippen molar-refractivity contribution >= 4 is 17.8 Å². The molecule has 2 aromatic rings. The SMILES string of the molecule is CC(C)N(C(=O)O)C(=O)N(c1ccc(C(C)(C)c2ccc(O)cc2)cc1)C(C)C. The van der Waals surface area contributed by atoms with Crippen molar-refractivity contribution in [3.05, 3.63) is 59.7 Å². The molecule has 3 amide bonds. The van der Waals surface area contributed by atoms with Gasteiger partial charge in [-0.25, -0.2) is 14.5 Å². The van der Waals surface area contributed by atoms with Crippen LogP contribution in [0.2, 0.25) is 0 Å². The molecule has 156 valence electrons. The van der Waals surface area contributed by atoms with E-state index in [0.717, 1.165) is 16.0 Å². The zero-order valence-electron chi connectivity index (χ0n) is 17.9. The van der Waals surface area contributed by atoms with Gasteiger partial charge in [0.05, 0.1) is 0 Å². The van der Waals surface area contributed by atoms with Crippen LogP contribution in [0.4, 0.5) is 15.3 Å². The van der Waals surface area contributed by atoms with Gasteiger partial charge in [0.15, 0.2) is 0 Å². The molecule has 2 rings (SSSR count). The largest absolute Gasteiger partial charge is 0.508 e. The summed E-state index contributed by atoms with van der Waals surface area (Å²) in [7, 11) is 0. The molecule has 0 aromatic heterocycles. The van der Waals surface area contributed by atoms with Crippen molar-refractivity contribution in [2.75, 3.05) is 4.90 Å². The van der Waals surface area contributed by atoms with Gasteiger partial charge in [0.25, 0.3) is 0 Å². The Bertz CT molecular complexity index is 855. The summed E-state index contributed by atoms with van der Waals surface area (Å²) in [6, 6.07) is 13.5. The molecule has 6 heteroatoms. The Balaban J connectivity index is 2.38. The van der Waals surface area contributed by atoms with Gasteiger partial charge in [-0.1, -0.05) is 38.1 Å². The van der Waals surface area contributed by atoms with E-state index in [1.54, 1.807) is 26.0 Å². The van der Waals surface area contributed by atoms with Gasteiger partial charge < -0.3 is 10.2 Å². The van der Waals surface area contributed by atoms with Crippen LogP contribution < -0.4 is 4.90 Å². The van der Waals surface area contributed by atoms with E-state index in [2.05, 4.69) is 13.8 Å². The normalized spacial score (nSPS) is 11.6. The number of phenolic OH excluding ortho intramolecular Hbond substituents is 1. The van der Waals surface area contributed by atoms with Crippen molar-refractivity contribution in [1.29, 1.82) is 0 Å². The number of anilines is 1. The average Bonchev–Trinajstić information content (AvgIpc) is 2.61. The quantitative estimate of drug-likeness (QED) is 0.702. The minimum absolute atomic E-state index is 0.209. The third kappa shape index (κ3) is 4.70. The van der Waals surface area contributed by atoms with Crippen molar-refractivity contribution in [3.63, 3.8) is 0 Å². The van der Waals surface area contributed by atoms with E-state index in [9.17, 15) is 19.8 Å². The van der Waals surface area contributed by atoms with Gasteiger partial charge in [0.2, 0.25) is 0 Å². The van der Waals surface area contributed by atoms with Crippen LogP contribution in [0.1, 0.15) is 52.7 Å². The Morgan fingerprint density at radius 2 is 1.28 bits per heavy atom. The molecule has 0 unspecified atom stereocenters.